The Labute approximate surface area is 183 Å². The molecular weight excluding hydrogens is 444 g/mol. The molecule has 2 N–H and O–H groups in total. The summed E-state index contributed by atoms with van der Waals surface area (Å²) in [5.74, 6) is -1.07. The van der Waals surface area contributed by atoms with Crippen LogP contribution in [0.1, 0.15) is 37.4 Å². The molecular formula is C24H21BrN2O3. The lowest BCUT2D eigenvalue weighted by atomic mass is 9.98. The highest BCUT2D eigenvalue weighted by Crippen LogP contribution is 2.19. The Morgan fingerprint density at radius 2 is 1.40 bits per heavy atom. The van der Waals surface area contributed by atoms with Crippen LogP contribution in [0.15, 0.2) is 71.2 Å². The van der Waals surface area contributed by atoms with Crippen LogP contribution >= 0.6 is 15.9 Å². The molecule has 3 rings (SSSR count). The first-order valence-corrected chi connectivity index (χ1v) is 10.2. The molecule has 0 bridgehead atoms. The maximum atomic E-state index is 12.9. The van der Waals surface area contributed by atoms with Gasteiger partial charge in [0.2, 0.25) is 5.91 Å². The van der Waals surface area contributed by atoms with Gasteiger partial charge in [-0.05, 0) is 55.3 Å². The maximum absolute atomic E-state index is 12.9. The summed E-state index contributed by atoms with van der Waals surface area (Å²) in [5, 5.41) is 5.43. The van der Waals surface area contributed by atoms with E-state index in [0.717, 1.165) is 21.3 Å². The van der Waals surface area contributed by atoms with Crippen LogP contribution < -0.4 is 10.6 Å². The topological polar surface area (TPSA) is 75.3 Å². The first-order chi connectivity index (χ1) is 14.4. The van der Waals surface area contributed by atoms with Gasteiger partial charge in [-0.2, -0.15) is 0 Å². The summed E-state index contributed by atoms with van der Waals surface area (Å²) < 4.78 is 0.861. The van der Waals surface area contributed by atoms with Crippen molar-refractivity contribution in [1.29, 1.82) is 0 Å². The number of amides is 2. The molecule has 0 saturated heterocycles. The average molecular weight is 465 g/mol. The van der Waals surface area contributed by atoms with Crippen molar-refractivity contribution in [3.8, 4) is 0 Å². The number of carbonyl (C=O) groups excluding carboxylic acids is 3. The van der Waals surface area contributed by atoms with E-state index in [0.29, 0.717) is 5.56 Å². The van der Waals surface area contributed by atoms with Crippen molar-refractivity contribution in [3.63, 3.8) is 0 Å². The van der Waals surface area contributed by atoms with E-state index in [4.69, 9.17) is 0 Å². The van der Waals surface area contributed by atoms with Gasteiger partial charge >= 0.3 is 0 Å². The molecule has 5 nitrogen and oxygen atoms in total. The number of hydrogen-bond acceptors (Lipinski definition) is 3. The molecule has 0 heterocycles. The zero-order valence-corrected chi connectivity index (χ0v) is 18.2. The molecule has 152 valence electrons. The molecule has 0 aromatic heterocycles. The van der Waals surface area contributed by atoms with Crippen LogP contribution in [0, 0.1) is 13.8 Å². The van der Waals surface area contributed by atoms with Crippen molar-refractivity contribution in [2.24, 2.45) is 0 Å². The summed E-state index contributed by atoms with van der Waals surface area (Å²) in [6, 6.07) is 19.2. The van der Waals surface area contributed by atoms with Gasteiger partial charge < -0.3 is 10.6 Å². The minimum Gasteiger partial charge on any atom is -0.343 e. The molecule has 0 spiro atoms. The minimum absolute atomic E-state index is 0.201. The smallest absolute Gasteiger partial charge is 0.252 e. The molecule has 6 heteroatoms. The summed E-state index contributed by atoms with van der Waals surface area (Å²) in [7, 11) is 0. The normalized spacial score (nSPS) is 10.4. The molecule has 0 fully saturated rings. The van der Waals surface area contributed by atoms with Gasteiger partial charge in [-0.1, -0.05) is 52.3 Å². The quantitative estimate of drug-likeness (QED) is 0.520. The molecule has 3 aromatic carbocycles. The number of benzene rings is 3. The number of carbonyl (C=O) groups is 3. The Morgan fingerprint density at radius 3 is 2.03 bits per heavy atom. The van der Waals surface area contributed by atoms with Gasteiger partial charge in [0.1, 0.15) is 0 Å². The van der Waals surface area contributed by atoms with Gasteiger partial charge in [0.05, 0.1) is 12.1 Å². The van der Waals surface area contributed by atoms with E-state index >= 15 is 0 Å². The first kappa shape index (κ1) is 21.5. The zero-order valence-electron chi connectivity index (χ0n) is 16.7. The third kappa shape index (κ3) is 5.02. The summed E-state index contributed by atoms with van der Waals surface area (Å²) in [4.78, 5) is 37.9. The number of nitrogens with one attached hydrogen (secondary N) is 2. The third-order valence-electron chi connectivity index (χ3n) is 4.68. The van der Waals surface area contributed by atoms with Crippen molar-refractivity contribution in [1.82, 2.24) is 5.32 Å². The van der Waals surface area contributed by atoms with Crippen LogP contribution in [0.4, 0.5) is 5.69 Å². The molecule has 2 amide bonds. The number of rotatable bonds is 6. The highest BCUT2D eigenvalue weighted by atomic mass is 79.9. The van der Waals surface area contributed by atoms with Gasteiger partial charge in [0.15, 0.2) is 5.78 Å². The van der Waals surface area contributed by atoms with E-state index < -0.39 is 5.91 Å². The van der Waals surface area contributed by atoms with Gasteiger partial charge in [0, 0.05) is 21.3 Å². The fourth-order valence-electron chi connectivity index (χ4n) is 3.09. The standard InChI is InChI=1S/C24H21BrN2O3/c1-15-6-5-7-16(2)22(15)27-21(28)14-26-24(30)20-9-4-3-8-19(20)23(29)17-10-12-18(25)13-11-17/h3-13H,14H2,1-2H3,(H,26,30)(H,27,28). The summed E-state index contributed by atoms with van der Waals surface area (Å²) >= 11 is 3.34. The Hall–Kier alpha value is -3.25. The van der Waals surface area contributed by atoms with Gasteiger partial charge in [-0.3, -0.25) is 14.4 Å². The lowest BCUT2D eigenvalue weighted by Crippen LogP contribution is -2.34. The van der Waals surface area contributed by atoms with E-state index in [-0.39, 0.29) is 29.4 Å². The van der Waals surface area contributed by atoms with Crippen LogP contribution in [0.2, 0.25) is 0 Å². The second-order valence-electron chi connectivity index (χ2n) is 6.88. The Balaban J connectivity index is 1.71. The molecule has 0 aliphatic carbocycles. The van der Waals surface area contributed by atoms with Crippen LogP contribution in [0.25, 0.3) is 0 Å². The maximum Gasteiger partial charge on any atom is 0.252 e. The molecule has 0 aliphatic heterocycles. The summed E-state index contributed by atoms with van der Waals surface area (Å²) in [5.41, 5.74) is 3.62. The summed E-state index contributed by atoms with van der Waals surface area (Å²) in [6.07, 6.45) is 0. The van der Waals surface area contributed by atoms with Gasteiger partial charge in [-0.25, -0.2) is 0 Å². The lowest BCUT2D eigenvalue weighted by molar-refractivity contribution is -0.115. The predicted octanol–water partition coefficient (Wildman–Crippen LogP) is 4.67. The van der Waals surface area contributed by atoms with Crippen LogP contribution in [0.3, 0.4) is 0 Å². The minimum atomic E-state index is -0.479. The van der Waals surface area contributed by atoms with Gasteiger partial charge in [-0.15, -0.1) is 0 Å². The Morgan fingerprint density at radius 1 is 0.800 bits per heavy atom. The molecule has 0 aliphatic rings. The Bertz CT molecular complexity index is 1090. The third-order valence-corrected chi connectivity index (χ3v) is 5.21. The molecule has 0 radical (unpaired) electrons. The van der Waals surface area contributed by atoms with Crippen LogP contribution in [-0.4, -0.2) is 24.1 Å². The molecule has 30 heavy (non-hydrogen) atoms. The number of halogens is 1. The highest BCUT2D eigenvalue weighted by Gasteiger charge is 2.18. The molecule has 0 unspecified atom stereocenters. The van der Waals surface area contributed by atoms with Crippen molar-refractivity contribution in [3.05, 3.63) is 99.0 Å². The monoisotopic (exact) mass is 464 g/mol. The van der Waals surface area contributed by atoms with Crippen LogP contribution in [0.5, 0.6) is 0 Å². The number of hydrogen-bond donors (Lipinski definition) is 2. The van der Waals surface area contributed by atoms with E-state index in [1.807, 2.05) is 32.0 Å². The van der Waals surface area contributed by atoms with Crippen molar-refractivity contribution in [2.45, 2.75) is 13.8 Å². The van der Waals surface area contributed by atoms with Crippen LogP contribution in [-0.2, 0) is 4.79 Å². The molecule has 3 aromatic rings. The fourth-order valence-corrected chi connectivity index (χ4v) is 3.35. The Kier molecular flexibility index (Phi) is 6.79. The lowest BCUT2D eigenvalue weighted by Gasteiger charge is -2.13. The second-order valence-corrected chi connectivity index (χ2v) is 7.79. The van der Waals surface area contributed by atoms with E-state index in [2.05, 4.69) is 26.6 Å². The highest BCUT2D eigenvalue weighted by molar-refractivity contribution is 9.10. The zero-order chi connectivity index (χ0) is 21.7. The van der Waals surface area contributed by atoms with E-state index in [1.54, 1.807) is 48.5 Å². The van der Waals surface area contributed by atoms with Crippen molar-refractivity contribution < 1.29 is 14.4 Å². The number of para-hydroxylation sites is 1. The number of ketones is 1. The van der Waals surface area contributed by atoms with Crippen molar-refractivity contribution >= 4 is 39.2 Å². The van der Waals surface area contributed by atoms with E-state index in [9.17, 15) is 14.4 Å². The predicted molar refractivity (Wildman–Crippen MR) is 121 cm³/mol. The summed E-state index contributed by atoms with van der Waals surface area (Å²) in [6.45, 7) is 3.61. The fraction of sp³-hybridized carbons (Fsp3) is 0.125. The number of aryl methyl sites for hydroxylation is 2. The first-order valence-electron chi connectivity index (χ1n) is 9.40. The van der Waals surface area contributed by atoms with Crippen molar-refractivity contribution in [2.75, 3.05) is 11.9 Å². The van der Waals surface area contributed by atoms with E-state index in [1.165, 1.54) is 0 Å². The second kappa shape index (κ2) is 9.50. The van der Waals surface area contributed by atoms with Gasteiger partial charge in [0.25, 0.3) is 5.91 Å². The largest absolute Gasteiger partial charge is 0.343 e. The SMILES string of the molecule is Cc1cccc(C)c1NC(=O)CNC(=O)c1ccccc1C(=O)c1ccc(Br)cc1. The molecule has 0 atom stereocenters. The number of anilines is 1. The average Bonchev–Trinajstić information content (AvgIpc) is 2.75. The molecule has 0 saturated carbocycles.